The molecule has 0 aromatic heterocycles. The van der Waals surface area contributed by atoms with E-state index >= 15 is 0 Å². The summed E-state index contributed by atoms with van der Waals surface area (Å²) in [5, 5.41) is 0. The highest BCUT2D eigenvalue weighted by Crippen LogP contribution is 2.28. The molecule has 1 aromatic carbocycles. The van der Waals surface area contributed by atoms with Crippen LogP contribution in [-0.4, -0.2) is 67.3 Å². The second-order valence-corrected chi connectivity index (χ2v) is 7.96. The zero-order chi connectivity index (χ0) is 21.4. The molecule has 8 heteroatoms. The first-order valence-electron chi connectivity index (χ1n) is 10.1. The minimum Gasteiger partial charge on any atom is -0.493 e. The highest BCUT2D eigenvalue weighted by Gasteiger charge is 2.26. The van der Waals surface area contributed by atoms with E-state index in [0.29, 0.717) is 51.0 Å². The quantitative estimate of drug-likeness (QED) is 0.577. The summed E-state index contributed by atoms with van der Waals surface area (Å²) in [5.41, 5.74) is 6.66. The number of hydrogen-bond donors (Lipinski definition) is 1. The van der Waals surface area contributed by atoms with Crippen LogP contribution < -0.4 is 15.2 Å². The molecule has 1 saturated heterocycles. The van der Waals surface area contributed by atoms with Gasteiger partial charge in [-0.2, -0.15) is 0 Å². The molecule has 0 aliphatic carbocycles. The van der Waals surface area contributed by atoms with Gasteiger partial charge >= 0.3 is 6.09 Å². The highest BCUT2D eigenvalue weighted by atomic mass is 16.6. The molecule has 1 amide bonds. The monoisotopic (exact) mass is 406 g/mol. The van der Waals surface area contributed by atoms with Crippen LogP contribution in [0.3, 0.4) is 0 Å². The van der Waals surface area contributed by atoms with Gasteiger partial charge in [0.1, 0.15) is 5.60 Å². The largest absolute Gasteiger partial charge is 0.493 e. The summed E-state index contributed by atoms with van der Waals surface area (Å²) in [6.45, 7) is 11.1. The molecule has 1 aliphatic rings. The van der Waals surface area contributed by atoms with E-state index in [1.165, 1.54) is 0 Å². The fourth-order valence-electron chi connectivity index (χ4n) is 2.86. The number of ether oxygens (including phenoxy) is 3. The van der Waals surface area contributed by atoms with Crippen molar-refractivity contribution in [3.8, 4) is 11.5 Å². The normalized spacial score (nSPS) is 15.3. The Morgan fingerprint density at radius 3 is 2.38 bits per heavy atom. The van der Waals surface area contributed by atoms with Crippen LogP contribution in [0.1, 0.15) is 39.7 Å². The molecule has 0 bridgehead atoms. The van der Waals surface area contributed by atoms with Crippen molar-refractivity contribution in [3.63, 3.8) is 0 Å². The molecule has 1 fully saturated rings. The number of hydrogen-bond acceptors (Lipinski definition) is 5. The van der Waals surface area contributed by atoms with Crippen molar-refractivity contribution in [1.29, 1.82) is 0 Å². The summed E-state index contributed by atoms with van der Waals surface area (Å²) in [5.74, 6) is 1.89. The van der Waals surface area contributed by atoms with Crippen molar-refractivity contribution in [2.24, 2.45) is 10.7 Å². The Balaban J connectivity index is 1.90. The van der Waals surface area contributed by atoms with E-state index in [1.807, 2.05) is 43.9 Å². The van der Waals surface area contributed by atoms with Gasteiger partial charge in [0.25, 0.3) is 0 Å². The molecule has 0 atom stereocenters. The van der Waals surface area contributed by atoms with Crippen LogP contribution in [0.2, 0.25) is 0 Å². The number of benzene rings is 1. The number of guanidine groups is 1. The zero-order valence-electron chi connectivity index (χ0n) is 18.2. The van der Waals surface area contributed by atoms with Gasteiger partial charge in [0.05, 0.1) is 20.3 Å². The predicted molar refractivity (Wildman–Crippen MR) is 113 cm³/mol. The van der Waals surface area contributed by atoms with E-state index in [-0.39, 0.29) is 6.09 Å². The van der Waals surface area contributed by atoms with Gasteiger partial charge in [-0.3, -0.25) is 0 Å². The number of carbonyl (C=O) groups is 1. The molecule has 2 rings (SSSR count). The van der Waals surface area contributed by atoms with Crippen molar-refractivity contribution in [3.05, 3.63) is 23.8 Å². The summed E-state index contributed by atoms with van der Waals surface area (Å²) in [7, 11) is 1.62. The predicted octanol–water partition coefficient (Wildman–Crippen LogP) is 2.85. The smallest absolute Gasteiger partial charge is 0.410 e. The number of nitrogens with two attached hydrogens (primary N) is 1. The Hall–Kier alpha value is -2.64. The van der Waals surface area contributed by atoms with E-state index in [1.54, 1.807) is 12.0 Å². The lowest BCUT2D eigenvalue weighted by atomic mass is 10.2. The van der Waals surface area contributed by atoms with Crippen molar-refractivity contribution in [2.75, 3.05) is 39.9 Å². The van der Waals surface area contributed by atoms with Gasteiger partial charge in [0.15, 0.2) is 17.5 Å². The molecule has 1 aliphatic heterocycles. The van der Waals surface area contributed by atoms with E-state index < -0.39 is 5.60 Å². The molecule has 0 radical (unpaired) electrons. The Morgan fingerprint density at radius 2 is 1.79 bits per heavy atom. The van der Waals surface area contributed by atoms with Gasteiger partial charge in [0, 0.05) is 26.2 Å². The number of amides is 1. The van der Waals surface area contributed by atoms with Gasteiger partial charge in [-0.1, -0.05) is 13.0 Å². The molecule has 162 valence electrons. The van der Waals surface area contributed by atoms with Crippen molar-refractivity contribution in [1.82, 2.24) is 9.80 Å². The lowest BCUT2D eigenvalue weighted by Gasteiger charge is -2.36. The number of aliphatic imine (C=N–C) groups is 1. The SMILES string of the molecule is CCCOc1ccc(CN=C(N)N2CCN(C(=O)OC(C)(C)C)CC2)cc1OC. The van der Waals surface area contributed by atoms with Crippen LogP contribution in [0.15, 0.2) is 23.2 Å². The fraction of sp³-hybridized carbons (Fsp3) is 0.619. The minimum absolute atomic E-state index is 0.287. The molecule has 2 N–H and O–H groups in total. The molecule has 29 heavy (non-hydrogen) atoms. The van der Waals surface area contributed by atoms with Crippen molar-refractivity contribution < 1.29 is 19.0 Å². The summed E-state index contributed by atoms with van der Waals surface area (Å²) in [6.07, 6.45) is 0.651. The molecular formula is C21H34N4O4. The van der Waals surface area contributed by atoms with E-state index in [4.69, 9.17) is 19.9 Å². The van der Waals surface area contributed by atoms with E-state index in [2.05, 4.69) is 11.9 Å². The first-order chi connectivity index (χ1) is 13.7. The Labute approximate surface area is 173 Å². The molecule has 0 saturated carbocycles. The first kappa shape index (κ1) is 22.6. The van der Waals surface area contributed by atoms with Crippen LogP contribution >= 0.6 is 0 Å². The van der Waals surface area contributed by atoms with Gasteiger partial charge in [0.2, 0.25) is 0 Å². The van der Waals surface area contributed by atoms with E-state index in [9.17, 15) is 4.79 Å². The average molecular weight is 407 g/mol. The maximum Gasteiger partial charge on any atom is 0.410 e. The minimum atomic E-state index is -0.493. The van der Waals surface area contributed by atoms with Gasteiger partial charge in [-0.15, -0.1) is 0 Å². The molecule has 1 aromatic rings. The van der Waals surface area contributed by atoms with Gasteiger partial charge < -0.3 is 29.7 Å². The maximum absolute atomic E-state index is 12.2. The van der Waals surface area contributed by atoms with Crippen LogP contribution in [0.25, 0.3) is 0 Å². The fourth-order valence-corrected chi connectivity index (χ4v) is 2.86. The van der Waals surface area contributed by atoms with E-state index in [0.717, 1.165) is 17.7 Å². The molecule has 0 unspecified atom stereocenters. The zero-order valence-corrected chi connectivity index (χ0v) is 18.2. The number of carbonyl (C=O) groups excluding carboxylic acids is 1. The molecule has 1 heterocycles. The third kappa shape index (κ3) is 7.03. The Morgan fingerprint density at radius 1 is 1.14 bits per heavy atom. The number of methoxy groups -OCH3 is 1. The number of nitrogens with zero attached hydrogens (tertiary/aromatic N) is 3. The number of rotatable bonds is 6. The van der Waals surface area contributed by atoms with Gasteiger partial charge in [-0.05, 0) is 44.9 Å². The summed E-state index contributed by atoms with van der Waals surface area (Å²) < 4.78 is 16.5. The average Bonchev–Trinajstić information content (AvgIpc) is 2.69. The summed E-state index contributed by atoms with van der Waals surface area (Å²) in [4.78, 5) is 20.3. The Kier molecular flexibility index (Phi) is 7.99. The van der Waals surface area contributed by atoms with Crippen molar-refractivity contribution >= 4 is 12.1 Å². The maximum atomic E-state index is 12.2. The van der Waals surface area contributed by atoms with Crippen LogP contribution in [0.4, 0.5) is 4.79 Å². The number of piperazine rings is 1. The lowest BCUT2D eigenvalue weighted by Crippen LogP contribution is -2.53. The van der Waals surface area contributed by atoms with Gasteiger partial charge in [-0.25, -0.2) is 9.79 Å². The second-order valence-electron chi connectivity index (χ2n) is 7.96. The molecule has 8 nitrogen and oxygen atoms in total. The van der Waals surface area contributed by atoms with Crippen LogP contribution in [0.5, 0.6) is 11.5 Å². The summed E-state index contributed by atoms with van der Waals surface area (Å²) >= 11 is 0. The lowest BCUT2D eigenvalue weighted by molar-refractivity contribution is 0.0186. The van der Waals surface area contributed by atoms with Crippen molar-refractivity contribution in [2.45, 2.75) is 46.3 Å². The summed E-state index contributed by atoms with van der Waals surface area (Å²) in [6, 6.07) is 5.78. The van der Waals surface area contributed by atoms with Crippen LogP contribution in [0, 0.1) is 0 Å². The molecule has 0 spiro atoms. The third-order valence-electron chi connectivity index (χ3n) is 4.37. The van der Waals surface area contributed by atoms with Crippen LogP contribution in [-0.2, 0) is 11.3 Å². The molecular weight excluding hydrogens is 372 g/mol. The highest BCUT2D eigenvalue weighted by molar-refractivity contribution is 5.78. The first-order valence-corrected chi connectivity index (χ1v) is 10.1. The standard InChI is InChI=1S/C21H34N4O4/c1-6-13-28-17-8-7-16(14-18(17)27-5)15-23-19(22)24-9-11-25(12-10-24)20(26)29-21(2,3)4/h7-8,14H,6,9-13,15H2,1-5H3,(H2,22,23). The Bertz CT molecular complexity index is 707. The second kappa shape index (κ2) is 10.2. The topological polar surface area (TPSA) is 89.6 Å². The third-order valence-corrected chi connectivity index (χ3v) is 4.37.